The van der Waals surface area contributed by atoms with Crippen molar-refractivity contribution in [3.05, 3.63) is 75.2 Å². The topological polar surface area (TPSA) is 139 Å². The minimum absolute atomic E-state index is 0.0474. The van der Waals surface area contributed by atoms with Crippen LogP contribution in [-0.2, 0) is 22.7 Å². The van der Waals surface area contributed by atoms with E-state index in [1.807, 2.05) is 6.07 Å². The molecule has 4 N–H and O–H groups in total. The first-order valence-electron chi connectivity index (χ1n) is 12.3. The summed E-state index contributed by atoms with van der Waals surface area (Å²) in [6, 6.07) is 6.09. The lowest BCUT2D eigenvalue weighted by Crippen LogP contribution is -2.21. The Morgan fingerprint density at radius 2 is 2.00 bits per heavy atom. The summed E-state index contributed by atoms with van der Waals surface area (Å²) in [6.45, 7) is 1.13. The third kappa shape index (κ3) is 4.22. The zero-order chi connectivity index (χ0) is 27.4. The summed E-state index contributed by atoms with van der Waals surface area (Å²) < 4.78 is 33.1. The van der Waals surface area contributed by atoms with Gasteiger partial charge in [0.2, 0.25) is 11.4 Å². The first-order valence-corrected chi connectivity index (χ1v) is 12.3. The Morgan fingerprint density at radius 3 is 2.72 bits per heavy atom. The number of anilines is 3. The van der Waals surface area contributed by atoms with Gasteiger partial charge in [-0.3, -0.25) is 9.68 Å². The molecule has 1 aliphatic carbocycles. The molecule has 0 amide bonds. The van der Waals surface area contributed by atoms with Crippen molar-refractivity contribution in [2.75, 3.05) is 30.0 Å². The molecule has 2 aromatic carbocycles. The van der Waals surface area contributed by atoms with E-state index in [2.05, 4.69) is 24.6 Å². The lowest BCUT2D eigenvalue weighted by molar-refractivity contribution is -0.216. The lowest BCUT2D eigenvalue weighted by Gasteiger charge is -2.20. The van der Waals surface area contributed by atoms with Crippen LogP contribution in [0, 0.1) is 11.6 Å². The van der Waals surface area contributed by atoms with Crippen molar-refractivity contribution in [3.8, 4) is 11.1 Å². The van der Waals surface area contributed by atoms with Gasteiger partial charge in [-0.05, 0) is 48.6 Å². The van der Waals surface area contributed by atoms with Crippen molar-refractivity contribution in [1.82, 2.24) is 14.5 Å². The molecule has 6 rings (SSSR count). The highest BCUT2D eigenvalue weighted by Crippen LogP contribution is 2.41. The average molecular weight is 535 g/mol. The molecule has 200 valence electrons. The van der Waals surface area contributed by atoms with Gasteiger partial charge < -0.3 is 20.9 Å². The van der Waals surface area contributed by atoms with E-state index in [0.29, 0.717) is 30.9 Å². The van der Waals surface area contributed by atoms with Gasteiger partial charge in [0.1, 0.15) is 17.2 Å². The summed E-state index contributed by atoms with van der Waals surface area (Å²) in [6.07, 6.45) is 4.99. The second-order valence-electron chi connectivity index (χ2n) is 9.65. The molecule has 10 nitrogen and oxygen atoms in total. The van der Waals surface area contributed by atoms with Gasteiger partial charge in [0.15, 0.2) is 5.82 Å². The fraction of sp³-hybridized carbons (Fsp3) is 0.259. The van der Waals surface area contributed by atoms with E-state index in [9.17, 15) is 9.59 Å². The Kier molecular flexibility index (Phi) is 5.91. The summed E-state index contributed by atoms with van der Waals surface area (Å²) in [4.78, 5) is 44.3. The number of benzene rings is 2. The molecular formula is C27H24F2N6O4. The Bertz CT molecular complexity index is 1720. The molecular weight excluding hydrogens is 510 g/mol. The summed E-state index contributed by atoms with van der Waals surface area (Å²) >= 11 is 0. The number of aromatic nitrogens is 3. The van der Waals surface area contributed by atoms with Gasteiger partial charge >= 0.3 is 5.97 Å². The number of rotatable bonds is 6. The van der Waals surface area contributed by atoms with Crippen LogP contribution in [0.5, 0.6) is 0 Å². The largest absolute Gasteiger partial charge is 0.383 e. The number of pyridine rings is 1. The first-order chi connectivity index (χ1) is 18.8. The van der Waals surface area contributed by atoms with Crippen LogP contribution < -0.4 is 21.8 Å². The second kappa shape index (κ2) is 9.31. The number of carbonyl (C=O) groups excluding carboxylic acids is 1. The fourth-order valence-corrected chi connectivity index (χ4v) is 5.16. The molecule has 0 unspecified atom stereocenters. The normalized spacial score (nSPS) is 14.6. The van der Waals surface area contributed by atoms with Crippen LogP contribution in [0.2, 0.25) is 0 Å². The molecule has 1 aliphatic heterocycles. The summed E-state index contributed by atoms with van der Waals surface area (Å²) in [5, 5.41) is -0.234. The smallest absolute Gasteiger partial charge is 0.378 e. The maximum absolute atomic E-state index is 16.1. The summed E-state index contributed by atoms with van der Waals surface area (Å²) in [5.41, 5.74) is 13.0. The molecule has 0 saturated heterocycles. The van der Waals surface area contributed by atoms with E-state index in [0.717, 1.165) is 42.8 Å². The predicted molar refractivity (Wildman–Crippen MR) is 140 cm³/mol. The molecule has 1 saturated carbocycles. The molecule has 4 aromatic rings. The number of carbonyl (C=O) groups is 1. The molecule has 12 heteroatoms. The van der Waals surface area contributed by atoms with Gasteiger partial charge in [-0.25, -0.2) is 18.6 Å². The van der Waals surface area contributed by atoms with Gasteiger partial charge in [-0.15, -0.1) is 0 Å². The quantitative estimate of drug-likeness (QED) is 0.281. The number of hydrogen-bond donors (Lipinski definition) is 2. The number of fused-ring (bicyclic) bond motifs is 2. The van der Waals surface area contributed by atoms with E-state index in [1.54, 1.807) is 18.3 Å². The monoisotopic (exact) mass is 534 g/mol. The fourth-order valence-electron chi connectivity index (χ4n) is 5.16. The molecule has 0 radical (unpaired) electrons. The van der Waals surface area contributed by atoms with Crippen LogP contribution in [0.25, 0.3) is 22.0 Å². The summed E-state index contributed by atoms with van der Waals surface area (Å²) in [7, 11) is 1.13. The van der Waals surface area contributed by atoms with E-state index in [1.165, 1.54) is 10.8 Å². The number of nitrogens with two attached hydrogens (primary N) is 2. The van der Waals surface area contributed by atoms with Crippen molar-refractivity contribution < 1.29 is 23.4 Å². The Balaban J connectivity index is 1.42. The van der Waals surface area contributed by atoms with Crippen LogP contribution in [0.15, 0.2) is 41.5 Å². The predicted octanol–water partition coefficient (Wildman–Crippen LogP) is 3.52. The molecule has 3 heterocycles. The Hall–Kier alpha value is -4.58. The molecule has 0 atom stereocenters. The summed E-state index contributed by atoms with van der Waals surface area (Å²) in [5.74, 6) is -2.40. The first kappa shape index (κ1) is 24.7. The number of nitrogens with zero attached hydrogens (tertiary/aromatic N) is 4. The number of hydrogen-bond acceptors (Lipinski definition) is 9. The van der Waals surface area contributed by atoms with E-state index in [4.69, 9.17) is 11.5 Å². The van der Waals surface area contributed by atoms with Crippen LogP contribution in [-0.4, -0.2) is 34.2 Å². The minimum atomic E-state index is -1.03. The standard InChI is InChI=1S/C27H24F2N6O4/c1-38-39-26(37)18-12-35(16-3-4-16)23-17(24(18)36)9-19(28)21(22(23)29)14-2-5-20-13(8-14)6-7-34(20)11-15-10-32-27(31)33-25(15)30/h2,5,8-10,12,16H,3-4,6-7,11H2,1H3,(H4,30,31,32,33). The Morgan fingerprint density at radius 1 is 1.21 bits per heavy atom. The van der Waals surface area contributed by atoms with Crippen LogP contribution in [0.4, 0.5) is 26.2 Å². The third-order valence-electron chi connectivity index (χ3n) is 7.17. The van der Waals surface area contributed by atoms with Crippen molar-refractivity contribution in [1.29, 1.82) is 0 Å². The molecule has 39 heavy (non-hydrogen) atoms. The van der Waals surface area contributed by atoms with Crippen molar-refractivity contribution >= 4 is 34.3 Å². The van der Waals surface area contributed by atoms with Gasteiger partial charge in [0.05, 0.1) is 23.6 Å². The lowest BCUT2D eigenvalue weighted by atomic mass is 9.98. The second-order valence-corrected chi connectivity index (χ2v) is 9.65. The highest BCUT2D eigenvalue weighted by atomic mass is 19.1. The average Bonchev–Trinajstić information content (AvgIpc) is 3.67. The maximum atomic E-state index is 16.1. The molecule has 2 aliphatic rings. The van der Waals surface area contributed by atoms with E-state index in [-0.39, 0.29) is 34.0 Å². The molecule has 0 bridgehead atoms. The van der Waals surface area contributed by atoms with Crippen molar-refractivity contribution in [3.63, 3.8) is 0 Å². The van der Waals surface area contributed by atoms with Crippen molar-refractivity contribution in [2.45, 2.75) is 31.8 Å². The number of halogens is 2. The van der Waals surface area contributed by atoms with E-state index < -0.39 is 23.0 Å². The zero-order valence-electron chi connectivity index (χ0n) is 20.9. The number of nitrogen functional groups attached to an aromatic ring is 2. The van der Waals surface area contributed by atoms with Gasteiger partial charge in [-0.2, -0.15) is 9.87 Å². The van der Waals surface area contributed by atoms with Gasteiger partial charge in [0.25, 0.3) is 0 Å². The Labute approximate surface area is 220 Å². The van der Waals surface area contributed by atoms with E-state index >= 15 is 8.78 Å². The van der Waals surface area contributed by atoms with Crippen LogP contribution in [0.3, 0.4) is 0 Å². The maximum Gasteiger partial charge on any atom is 0.378 e. The zero-order valence-corrected chi connectivity index (χ0v) is 20.9. The minimum Gasteiger partial charge on any atom is -0.383 e. The van der Waals surface area contributed by atoms with Gasteiger partial charge in [-0.1, -0.05) is 6.07 Å². The highest BCUT2D eigenvalue weighted by molar-refractivity contribution is 5.95. The van der Waals surface area contributed by atoms with Crippen LogP contribution in [0.1, 0.15) is 40.4 Å². The van der Waals surface area contributed by atoms with Crippen LogP contribution >= 0.6 is 0 Å². The van der Waals surface area contributed by atoms with Crippen molar-refractivity contribution in [2.24, 2.45) is 0 Å². The molecule has 1 fully saturated rings. The third-order valence-corrected chi connectivity index (χ3v) is 7.17. The SMILES string of the molecule is COOC(=O)c1cn(C2CC2)c2c(F)c(-c3ccc4c(c3)CCN4Cc3cnc(N)nc3N)c(F)cc2c1=O. The molecule has 0 spiro atoms. The highest BCUT2D eigenvalue weighted by Gasteiger charge is 2.31. The van der Waals surface area contributed by atoms with Gasteiger partial charge in [0, 0.05) is 42.8 Å². The molecule has 2 aromatic heterocycles.